The van der Waals surface area contributed by atoms with Crippen LogP contribution < -0.4 is 14.8 Å². The summed E-state index contributed by atoms with van der Waals surface area (Å²) in [6, 6.07) is 3.01. The molecule has 138 valence electrons. The monoisotopic (exact) mass is 433 g/mol. The van der Waals surface area contributed by atoms with E-state index in [1.807, 2.05) is 0 Å². The second-order valence-corrected chi connectivity index (χ2v) is 6.62. The second kappa shape index (κ2) is 6.75. The molecule has 0 spiro atoms. The molecule has 0 bridgehead atoms. The number of aromatic nitrogens is 2. The highest BCUT2D eigenvalue weighted by atomic mass is 79.9. The molecule has 0 amide bonds. The normalized spacial score (nSPS) is 20.6. The number of ether oxygens (including phenoxy) is 2. The van der Waals surface area contributed by atoms with Gasteiger partial charge >= 0.3 is 0 Å². The number of hydrogen-bond acceptors (Lipinski definition) is 5. The van der Waals surface area contributed by atoms with Crippen molar-refractivity contribution in [1.82, 2.24) is 9.97 Å². The Bertz CT molecular complexity index is 946. The van der Waals surface area contributed by atoms with Crippen LogP contribution in [-0.4, -0.2) is 28.8 Å². The van der Waals surface area contributed by atoms with E-state index in [4.69, 9.17) is 9.47 Å². The third kappa shape index (κ3) is 3.09. The predicted molar refractivity (Wildman–Crippen MR) is 91.0 cm³/mol. The van der Waals surface area contributed by atoms with E-state index in [0.29, 0.717) is 22.4 Å². The van der Waals surface area contributed by atoms with Crippen molar-refractivity contribution in [2.24, 2.45) is 0 Å². The van der Waals surface area contributed by atoms with E-state index >= 15 is 0 Å². The van der Waals surface area contributed by atoms with Crippen LogP contribution in [0.25, 0.3) is 10.9 Å². The smallest absolute Gasteiger partial charge is 0.224 e. The van der Waals surface area contributed by atoms with E-state index in [9.17, 15) is 17.6 Å². The van der Waals surface area contributed by atoms with Crippen LogP contribution in [0.4, 0.5) is 23.4 Å². The third-order valence-electron chi connectivity index (χ3n) is 3.76. The Hall–Kier alpha value is -2.36. The van der Waals surface area contributed by atoms with Crippen molar-refractivity contribution in [3.63, 3.8) is 0 Å². The molecular formula is C16H12BrF4N3O2. The van der Waals surface area contributed by atoms with E-state index in [0.717, 1.165) is 6.33 Å². The van der Waals surface area contributed by atoms with Crippen molar-refractivity contribution < 1.29 is 27.0 Å². The number of benzene rings is 1. The van der Waals surface area contributed by atoms with Gasteiger partial charge < -0.3 is 14.8 Å². The number of alkyl halides is 2. The summed E-state index contributed by atoms with van der Waals surface area (Å²) in [6.45, 7) is 0. The first-order valence-electron chi connectivity index (χ1n) is 7.25. The van der Waals surface area contributed by atoms with Gasteiger partial charge in [-0.3, -0.25) is 0 Å². The lowest BCUT2D eigenvalue weighted by Gasteiger charge is -2.24. The fourth-order valence-corrected chi connectivity index (χ4v) is 2.92. The predicted octanol–water partition coefficient (Wildman–Crippen LogP) is 4.86. The number of hydrogen-bond donors (Lipinski definition) is 1. The molecule has 0 saturated carbocycles. The van der Waals surface area contributed by atoms with Gasteiger partial charge in [0.2, 0.25) is 4.58 Å². The Kier molecular flexibility index (Phi) is 4.78. The molecule has 1 N–H and O–H groups in total. The summed E-state index contributed by atoms with van der Waals surface area (Å²) in [5.41, 5.74) is -0.616. The Morgan fingerprint density at radius 1 is 1.12 bits per heavy atom. The maximum Gasteiger partial charge on any atom is 0.224 e. The van der Waals surface area contributed by atoms with E-state index in [1.54, 1.807) is 0 Å². The number of rotatable bonds is 4. The highest BCUT2D eigenvalue weighted by Gasteiger charge is 2.42. The van der Waals surface area contributed by atoms with Crippen LogP contribution >= 0.6 is 15.9 Å². The lowest BCUT2D eigenvalue weighted by molar-refractivity contribution is 0.262. The molecule has 3 rings (SSSR count). The fourth-order valence-electron chi connectivity index (χ4n) is 2.48. The Morgan fingerprint density at radius 2 is 1.77 bits per heavy atom. The number of halogens is 5. The number of nitrogens with zero attached hydrogens (tertiary/aromatic N) is 2. The summed E-state index contributed by atoms with van der Waals surface area (Å²) in [5, 5.41) is 2.62. The average Bonchev–Trinajstić information content (AvgIpc) is 2.62. The maximum absolute atomic E-state index is 14.3. The molecule has 1 aliphatic rings. The third-order valence-corrected chi connectivity index (χ3v) is 4.39. The van der Waals surface area contributed by atoms with Crippen molar-refractivity contribution in [1.29, 1.82) is 0 Å². The summed E-state index contributed by atoms with van der Waals surface area (Å²) in [6.07, 6.45) is 0.0398. The summed E-state index contributed by atoms with van der Waals surface area (Å²) in [4.78, 5) is 7.95. The van der Waals surface area contributed by atoms with Crippen molar-refractivity contribution in [2.75, 3.05) is 19.5 Å². The SMILES string of the molecule is COc1cc2ncnc(NC3=C(F)C(F)(Br)CC(F)=C3F)c2cc1OC. The largest absolute Gasteiger partial charge is 0.493 e. The highest BCUT2D eigenvalue weighted by Crippen LogP contribution is 2.46. The molecule has 5 nitrogen and oxygen atoms in total. The first-order valence-corrected chi connectivity index (χ1v) is 8.04. The van der Waals surface area contributed by atoms with Crippen LogP contribution in [0, 0.1) is 0 Å². The number of methoxy groups -OCH3 is 2. The van der Waals surface area contributed by atoms with Crippen molar-refractivity contribution in [3.05, 3.63) is 41.6 Å². The number of anilines is 1. The summed E-state index contributed by atoms with van der Waals surface area (Å²) in [7, 11) is 2.84. The second-order valence-electron chi connectivity index (χ2n) is 5.36. The van der Waals surface area contributed by atoms with Gasteiger partial charge in [0.1, 0.15) is 23.7 Å². The number of fused-ring (bicyclic) bond motifs is 1. The van der Waals surface area contributed by atoms with Gasteiger partial charge in [0.05, 0.1) is 26.2 Å². The first kappa shape index (κ1) is 18.4. The number of allylic oxidation sites excluding steroid dienone is 3. The van der Waals surface area contributed by atoms with E-state index in [1.165, 1.54) is 26.4 Å². The molecule has 0 aliphatic heterocycles. The average molecular weight is 434 g/mol. The van der Waals surface area contributed by atoms with Gasteiger partial charge in [-0.1, -0.05) is 0 Å². The van der Waals surface area contributed by atoms with E-state index in [-0.39, 0.29) is 5.82 Å². The Balaban J connectivity index is 2.14. The van der Waals surface area contributed by atoms with Crippen molar-refractivity contribution in [2.45, 2.75) is 11.0 Å². The highest BCUT2D eigenvalue weighted by molar-refractivity contribution is 9.10. The van der Waals surface area contributed by atoms with Crippen LogP contribution in [0.1, 0.15) is 6.42 Å². The zero-order chi connectivity index (χ0) is 19.1. The molecule has 10 heteroatoms. The minimum atomic E-state index is -2.85. The summed E-state index contributed by atoms with van der Waals surface area (Å²) >= 11 is 2.42. The molecule has 26 heavy (non-hydrogen) atoms. The molecule has 0 radical (unpaired) electrons. The minimum Gasteiger partial charge on any atom is -0.493 e. The maximum atomic E-state index is 14.3. The molecule has 1 aromatic heterocycles. The topological polar surface area (TPSA) is 56.3 Å². The summed E-state index contributed by atoms with van der Waals surface area (Å²) in [5.74, 6) is -3.84. The molecule has 1 heterocycles. The molecular weight excluding hydrogens is 422 g/mol. The van der Waals surface area contributed by atoms with Gasteiger partial charge in [-0.25, -0.2) is 27.5 Å². The van der Waals surface area contributed by atoms with Crippen LogP contribution in [0.5, 0.6) is 11.5 Å². The Morgan fingerprint density at radius 3 is 2.42 bits per heavy atom. The van der Waals surface area contributed by atoms with Crippen molar-refractivity contribution >= 4 is 32.7 Å². The van der Waals surface area contributed by atoms with E-state index < -0.39 is 34.2 Å². The number of nitrogens with one attached hydrogen (secondary N) is 1. The minimum absolute atomic E-state index is 0.0609. The molecule has 1 unspecified atom stereocenters. The molecule has 2 aromatic rings. The Labute approximate surface area is 153 Å². The lowest BCUT2D eigenvalue weighted by Crippen LogP contribution is -2.24. The summed E-state index contributed by atoms with van der Waals surface area (Å²) < 4.78 is 63.6. The van der Waals surface area contributed by atoms with Gasteiger partial charge in [-0.05, 0) is 22.0 Å². The zero-order valence-corrected chi connectivity index (χ0v) is 15.1. The van der Waals surface area contributed by atoms with E-state index in [2.05, 4.69) is 31.2 Å². The van der Waals surface area contributed by atoms with Gasteiger partial charge in [0.25, 0.3) is 0 Å². The van der Waals surface area contributed by atoms with Gasteiger partial charge in [0.15, 0.2) is 23.2 Å². The van der Waals surface area contributed by atoms with Crippen LogP contribution in [0.3, 0.4) is 0 Å². The molecule has 1 aromatic carbocycles. The van der Waals surface area contributed by atoms with Gasteiger partial charge in [0, 0.05) is 11.5 Å². The van der Waals surface area contributed by atoms with Gasteiger partial charge in [-0.15, -0.1) is 0 Å². The molecule has 0 saturated heterocycles. The molecule has 0 fully saturated rings. The van der Waals surface area contributed by atoms with Crippen LogP contribution in [-0.2, 0) is 0 Å². The molecule has 1 aliphatic carbocycles. The first-order chi connectivity index (χ1) is 12.3. The zero-order valence-electron chi connectivity index (χ0n) is 13.5. The standard InChI is InChI=1S/C16H12BrF4N3O2/c1-25-10-3-7-9(4-11(10)26-2)22-6-23-15(7)24-13-12(19)8(18)5-16(17,21)14(13)20/h3-4,6H,5H2,1-2H3,(H,22,23,24). The quantitative estimate of drug-likeness (QED) is 0.551. The molecule has 1 atom stereocenters. The fraction of sp³-hybridized carbons (Fsp3) is 0.250. The van der Waals surface area contributed by atoms with Crippen LogP contribution in [0.2, 0.25) is 0 Å². The van der Waals surface area contributed by atoms with Crippen LogP contribution in [0.15, 0.2) is 41.6 Å². The van der Waals surface area contributed by atoms with Crippen molar-refractivity contribution in [3.8, 4) is 11.5 Å². The van der Waals surface area contributed by atoms with Gasteiger partial charge in [-0.2, -0.15) is 0 Å². The lowest BCUT2D eigenvalue weighted by atomic mass is 10.1.